The zero-order valence-electron chi connectivity index (χ0n) is 10.2. The summed E-state index contributed by atoms with van der Waals surface area (Å²) in [6.45, 7) is 4.20. The Morgan fingerprint density at radius 3 is 2.59 bits per heavy atom. The highest BCUT2D eigenvalue weighted by atomic mass is 32.1. The number of aromatic amines is 1. The predicted octanol–water partition coefficient (Wildman–Crippen LogP) is 3.60. The Balaban J connectivity index is 2.26. The maximum Gasteiger partial charge on any atom is 0.130 e. The molecule has 0 fully saturated rings. The number of hydrogen-bond acceptors (Lipinski definition) is 2. The van der Waals surface area contributed by atoms with Crippen LogP contribution in [-0.4, -0.2) is 9.97 Å². The van der Waals surface area contributed by atoms with E-state index in [-0.39, 0.29) is 0 Å². The fraction of sp³-hybridized carbons (Fsp3) is 0.286. The van der Waals surface area contributed by atoms with Crippen molar-refractivity contribution in [2.45, 2.75) is 26.7 Å². The molecule has 1 N–H and O–H groups in total. The van der Waals surface area contributed by atoms with Crippen molar-refractivity contribution in [3.63, 3.8) is 0 Å². The number of benzene rings is 1. The van der Waals surface area contributed by atoms with Gasteiger partial charge in [-0.3, -0.25) is 0 Å². The number of nitrogens with zero attached hydrogens (tertiary/aromatic N) is 1. The molecule has 1 aromatic carbocycles. The van der Waals surface area contributed by atoms with Gasteiger partial charge in [-0.05, 0) is 25.0 Å². The number of aromatic nitrogens is 2. The molecule has 2 rings (SSSR count). The summed E-state index contributed by atoms with van der Waals surface area (Å²) in [6, 6.07) is 10.4. The van der Waals surface area contributed by atoms with E-state index in [9.17, 15) is 0 Å². The second-order valence-electron chi connectivity index (χ2n) is 4.21. The quantitative estimate of drug-likeness (QED) is 0.836. The second-order valence-corrected chi connectivity index (χ2v) is 4.63. The first kappa shape index (κ1) is 12.0. The van der Waals surface area contributed by atoms with Gasteiger partial charge >= 0.3 is 0 Å². The molecule has 17 heavy (non-hydrogen) atoms. The van der Waals surface area contributed by atoms with Gasteiger partial charge in [-0.15, -0.1) is 0 Å². The molecular formula is C14H16N2S. The molecule has 1 heterocycles. The molecule has 0 aliphatic rings. The fourth-order valence-corrected chi connectivity index (χ4v) is 1.99. The van der Waals surface area contributed by atoms with Gasteiger partial charge in [-0.1, -0.05) is 49.0 Å². The van der Waals surface area contributed by atoms with Crippen LogP contribution in [0.2, 0.25) is 0 Å². The molecule has 0 aliphatic heterocycles. The average molecular weight is 244 g/mol. The van der Waals surface area contributed by atoms with Crippen molar-refractivity contribution in [1.82, 2.24) is 9.97 Å². The maximum atomic E-state index is 5.16. The third-order valence-electron chi connectivity index (χ3n) is 2.72. The molecule has 0 spiro atoms. The SMILES string of the molecule is CCc1cc(=S)nc(Cc2ccc(C)cc2)[nH]1. The molecule has 2 nitrogen and oxygen atoms in total. The van der Waals surface area contributed by atoms with Crippen molar-refractivity contribution < 1.29 is 0 Å². The Kier molecular flexibility index (Phi) is 3.69. The molecule has 0 saturated carbocycles. The van der Waals surface area contributed by atoms with Crippen LogP contribution in [0.25, 0.3) is 0 Å². The Morgan fingerprint density at radius 2 is 1.94 bits per heavy atom. The smallest absolute Gasteiger partial charge is 0.130 e. The van der Waals surface area contributed by atoms with Crippen molar-refractivity contribution in [2.75, 3.05) is 0 Å². The van der Waals surface area contributed by atoms with E-state index in [1.165, 1.54) is 11.1 Å². The van der Waals surface area contributed by atoms with Crippen LogP contribution in [0.4, 0.5) is 0 Å². The van der Waals surface area contributed by atoms with E-state index >= 15 is 0 Å². The van der Waals surface area contributed by atoms with E-state index in [2.05, 4.69) is 48.1 Å². The number of H-pyrrole nitrogens is 1. The maximum absolute atomic E-state index is 5.16. The van der Waals surface area contributed by atoms with Gasteiger partial charge in [-0.25, -0.2) is 4.98 Å². The van der Waals surface area contributed by atoms with Gasteiger partial charge < -0.3 is 4.98 Å². The van der Waals surface area contributed by atoms with Crippen LogP contribution < -0.4 is 0 Å². The highest BCUT2D eigenvalue weighted by Gasteiger charge is 2.00. The first-order valence-electron chi connectivity index (χ1n) is 5.82. The van der Waals surface area contributed by atoms with Gasteiger partial charge in [-0.2, -0.15) is 0 Å². The highest BCUT2D eigenvalue weighted by molar-refractivity contribution is 7.71. The van der Waals surface area contributed by atoms with Gasteiger partial charge in [0.2, 0.25) is 0 Å². The molecule has 0 aliphatic carbocycles. The summed E-state index contributed by atoms with van der Waals surface area (Å²) in [5.74, 6) is 0.943. The van der Waals surface area contributed by atoms with Gasteiger partial charge in [0.1, 0.15) is 10.5 Å². The van der Waals surface area contributed by atoms with Gasteiger partial charge in [0.25, 0.3) is 0 Å². The fourth-order valence-electron chi connectivity index (χ4n) is 1.74. The van der Waals surface area contributed by atoms with Gasteiger partial charge in [0.05, 0.1) is 0 Å². The van der Waals surface area contributed by atoms with E-state index in [0.29, 0.717) is 4.64 Å². The van der Waals surface area contributed by atoms with E-state index in [0.717, 1.165) is 24.4 Å². The summed E-state index contributed by atoms with van der Waals surface area (Å²) in [4.78, 5) is 7.68. The molecule has 0 saturated heterocycles. The van der Waals surface area contributed by atoms with Crippen molar-refractivity contribution in [2.24, 2.45) is 0 Å². The van der Waals surface area contributed by atoms with Crippen LogP contribution in [0.15, 0.2) is 30.3 Å². The lowest BCUT2D eigenvalue weighted by Crippen LogP contribution is -2.00. The number of nitrogens with one attached hydrogen (secondary N) is 1. The summed E-state index contributed by atoms with van der Waals surface area (Å²) >= 11 is 5.16. The van der Waals surface area contributed by atoms with Crippen molar-refractivity contribution >= 4 is 12.2 Å². The summed E-state index contributed by atoms with van der Waals surface area (Å²) < 4.78 is 0.669. The van der Waals surface area contributed by atoms with Crippen molar-refractivity contribution in [3.8, 4) is 0 Å². The van der Waals surface area contributed by atoms with E-state index in [1.54, 1.807) is 0 Å². The Morgan fingerprint density at radius 1 is 1.24 bits per heavy atom. The molecule has 0 unspecified atom stereocenters. The minimum atomic E-state index is 0.669. The lowest BCUT2D eigenvalue weighted by molar-refractivity contribution is 0.899. The lowest BCUT2D eigenvalue weighted by atomic mass is 10.1. The average Bonchev–Trinajstić information content (AvgIpc) is 2.31. The predicted molar refractivity (Wildman–Crippen MR) is 72.8 cm³/mol. The monoisotopic (exact) mass is 244 g/mol. The van der Waals surface area contributed by atoms with E-state index in [1.807, 2.05) is 6.07 Å². The second kappa shape index (κ2) is 5.23. The Hall–Kier alpha value is -1.48. The molecule has 0 bridgehead atoms. The molecule has 0 amide bonds. The molecule has 0 radical (unpaired) electrons. The molecule has 1 aromatic heterocycles. The Labute approximate surface area is 107 Å². The van der Waals surface area contributed by atoms with Crippen LogP contribution >= 0.6 is 12.2 Å². The standard InChI is InChI=1S/C14H16N2S/c1-3-12-9-14(17)16-13(15-12)8-11-6-4-10(2)5-7-11/h4-7,9H,3,8H2,1-2H3,(H,15,16,17). The zero-order chi connectivity index (χ0) is 12.3. The third-order valence-corrected chi connectivity index (χ3v) is 2.93. The van der Waals surface area contributed by atoms with Crippen molar-refractivity contribution in [1.29, 1.82) is 0 Å². The van der Waals surface area contributed by atoms with Crippen LogP contribution in [0.3, 0.4) is 0 Å². The first-order valence-corrected chi connectivity index (χ1v) is 6.23. The number of aryl methyl sites for hydroxylation is 2. The Bertz CT molecular complexity index is 555. The van der Waals surface area contributed by atoms with Crippen LogP contribution in [-0.2, 0) is 12.8 Å². The highest BCUT2D eigenvalue weighted by Crippen LogP contribution is 2.08. The third kappa shape index (κ3) is 3.24. The van der Waals surface area contributed by atoms with Crippen molar-refractivity contribution in [3.05, 3.63) is 57.6 Å². The largest absolute Gasteiger partial charge is 0.347 e. The molecule has 3 heteroatoms. The summed E-state index contributed by atoms with van der Waals surface area (Å²) in [6.07, 6.45) is 1.75. The van der Waals surface area contributed by atoms with E-state index < -0.39 is 0 Å². The minimum absolute atomic E-state index is 0.669. The summed E-state index contributed by atoms with van der Waals surface area (Å²) in [7, 11) is 0. The molecule has 0 atom stereocenters. The summed E-state index contributed by atoms with van der Waals surface area (Å²) in [5.41, 5.74) is 3.67. The molecule has 88 valence electrons. The molecular weight excluding hydrogens is 228 g/mol. The zero-order valence-corrected chi connectivity index (χ0v) is 11.0. The number of rotatable bonds is 3. The minimum Gasteiger partial charge on any atom is -0.347 e. The number of hydrogen-bond donors (Lipinski definition) is 1. The van der Waals surface area contributed by atoms with Crippen LogP contribution in [0.1, 0.15) is 29.6 Å². The topological polar surface area (TPSA) is 28.7 Å². The first-order chi connectivity index (χ1) is 8.17. The normalized spacial score (nSPS) is 10.5. The summed E-state index contributed by atoms with van der Waals surface area (Å²) in [5, 5.41) is 0. The lowest BCUT2D eigenvalue weighted by Gasteiger charge is -2.05. The van der Waals surface area contributed by atoms with Gasteiger partial charge in [0, 0.05) is 12.1 Å². The van der Waals surface area contributed by atoms with Crippen LogP contribution in [0, 0.1) is 11.6 Å². The van der Waals surface area contributed by atoms with Gasteiger partial charge in [0.15, 0.2) is 0 Å². The van der Waals surface area contributed by atoms with Crippen LogP contribution in [0.5, 0.6) is 0 Å². The van der Waals surface area contributed by atoms with E-state index in [4.69, 9.17) is 12.2 Å². The molecule has 2 aromatic rings.